The molecule has 5 rings (SSSR count). The van der Waals surface area contributed by atoms with Gasteiger partial charge in [0, 0.05) is 16.3 Å². The number of aromatic nitrogens is 2. The average Bonchev–Trinajstić information content (AvgIpc) is 3.12. The zero-order valence-corrected chi connectivity index (χ0v) is 16.5. The number of imidazole rings is 1. The van der Waals surface area contributed by atoms with E-state index in [0.717, 1.165) is 28.0 Å². The topological polar surface area (TPSA) is 67.0 Å². The predicted octanol–water partition coefficient (Wildman–Crippen LogP) is 4.93. The molecule has 0 aliphatic carbocycles. The molecular formula is C23H17ClFN3O2. The highest BCUT2D eigenvalue weighted by Gasteiger charge is 2.47. The van der Waals surface area contributed by atoms with E-state index in [2.05, 4.69) is 15.3 Å². The first-order chi connectivity index (χ1) is 14.5. The Bertz CT molecular complexity index is 1230. The molecule has 2 N–H and O–H groups in total. The monoisotopic (exact) mass is 421 g/mol. The first kappa shape index (κ1) is 18.8. The molecule has 150 valence electrons. The maximum absolute atomic E-state index is 13.1. The van der Waals surface area contributed by atoms with E-state index in [0.29, 0.717) is 23.9 Å². The van der Waals surface area contributed by atoms with E-state index < -0.39 is 5.41 Å². The number of aromatic amines is 1. The number of carbonyl (C=O) groups is 1. The number of hydrogen-bond donors (Lipinski definition) is 2. The molecule has 1 fully saturated rings. The minimum absolute atomic E-state index is 0.175. The van der Waals surface area contributed by atoms with E-state index in [1.54, 1.807) is 0 Å². The molecule has 3 aromatic carbocycles. The Kier molecular flexibility index (Phi) is 4.53. The van der Waals surface area contributed by atoms with Crippen LogP contribution in [0.2, 0.25) is 5.02 Å². The first-order valence-corrected chi connectivity index (χ1v) is 9.82. The van der Waals surface area contributed by atoms with Gasteiger partial charge in [-0.15, -0.1) is 0 Å². The van der Waals surface area contributed by atoms with Gasteiger partial charge in [0.05, 0.1) is 24.2 Å². The molecule has 0 atom stereocenters. The lowest BCUT2D eigenvalue weighted by Gasteiger charge is -2.40. The largest absolute Gasteiger partial charge is 0.378 e. The number of benzene rings is 3. The number of rotatable bonds is 4. The molecule has 0 radical (unpaired) electrons. The molecule has 1 aliphatic heterocycles. The number of nitrogens with one attached hydrogen (secondary N) is 2. The van der Waals surface area contributed by atoms with Crippen LogP contribution in [0.5, 0.6) is 0 Å². The smallest absolute Gasteiger partial charge is 0.239 e. The van der Waals surface area contributed by atoms with Crippen molar-refractivity contribution >= 4 is 34.2 Å². The summed E-state index contributed by atoms with van der Waals surface area (Å²) in [5.74, 6) is 0.207. The van der Waals surface area contributed by atoms with E-state index in [-0.39, 0.29) is 11.7 Å². The Morgan fingerprint density at radius 2 is 1.80 bits per heavy atom. The number of nitrogens with zero attached hydrogens (tertiary/aromatic N) is 1. The third kappa shape index (κ3) is 3.24. The Balaban J connectivity index is 1.41. The van der Waals surface area contributed by atoms with Gasteiger partial charge in [-0.05, 0) is 48.0 Å². The standard InChI is InChI=1S/C23H17ClFN3O2/c24-16-5-10-19-20(11-16)28-21(27-19)14-1-3-15(4-2-14)23(12-30-13-23)22(29)26-18-8-6-17(25)7-9-18/h1-11H,12-13H2,(H,26,29)(H,27,28). The molecule has 1 aromatic heterocycles. The molecule has 1 amide bonds. The Morgan fingerprint density at radius 1 is 1.07 bits per heavy atom. The Morgan fingerprint density at radius 3 is 2.47 bits per heavy atom. The van der Waals surface area contributed by atoms with Crippen LogP contribution in [-0.4, -0.2) is 29.1 Å². The molecule has 1 aliphatic rings. The van der Waals surface area contributed by atoms with Crippen molar-refractivity contribution in [3.8, 4) is 11.4 Å². The van der Waals surface area contributed by atoms with Crippen LogP contribution >= 0.6 is 11.6 Å². The van der Waals surface area contributed by atoms with Gasteiger partial charge in [-0.25, -0.2) is 9.37 Å². The van der Waals surface area contributed by atoms with Gasteiger partial charge in [0.2, 0.25) is 5.91 Å². The van der Waals surface area contributed by atoms with E-state index in [1.165, 1.54) is 24.3 Å². The number of fused-ring (bicyclic) bond motifs is 1. The van der Waals surface area contributed by atoms with Crippen molar-refractivity contribution in [3.63, 3.8) is 0 Å². The van der Waals surface area contributed by atoms with Crippen molar-refractivity contribution in [2.45, 2.75) is 5.41 Å². The minimum Gasteiger partial charge on any atom is -0.378 e. The van der Waals surface area contributed by atoms with Crippen LogP contribution in [0.1, 0.15) is 5.56 Å². The van der Waals surface area contributed by atoms with Crippen LogP contribution in [-0.2, 0) is 14.9 Å². The Labute approximate surface area is 176 Å². The number of anilines is 1. The molecule has 0 saturated carbocycles. The van der Waals surface area contributed by atoms with Crippen LogP contribution in [0.3, 0.4) is 0 Å². The van der Waals surface area contributed by atoms with Crippen LogP contribution in [0.15, 0.2) is 66.7 Å². The second-order valence-corrected chi connectivity index (χ2v) is 7.80. The number of amides is 1. The lowest BCUT2D eigenvalue weighted by molar-refractivity contribution is -0.139. The van der Waals surface area contributed by atoms with Gasteiger partial charge >= 0.3 is 0 Å². The highest BCUT2D eigenvalue weighted by Crippen LogP contribution is 2.35. The third-order valence-electron chi connectivity index (χ3n) is 5.39. The number of H-pyrrole nitrogens is 1. The van der Waals surface area contributed by atoms with Crippen LogP contribution in [0.25, 0.3) is 22.4 Å². The van der Waals surface area contributed by atoms with Crippen molar-refractivity contribution in [2.24, 2.45) is 0 Å². The zero-order valence-electron chi connectivity index (χ0n) is 15.8. The SMILES string of the molecule is O=C(Nc1ccc(F)cc1)C1(c2ccc(-c3nc4cc(Cl)ccc4[nH]3)cc2)COC1. The predicted molar refractivity (Wildman–Crippen MR) is 114 cm³/mol. The van der Waals surface area contributed by atoms with Crippen LogP contribution in [0.4, 0.5) is 10.1 Å². The molecule has 0 bridgehead atoms. The molecule has 5 nitrogen and oxygen atoms in total. The van der Waals surface area contributed by atoms with Crippen LogP contribution < -0.4 is 5.32 Å². The average molecular weight is 422 g/mol. The van der Waals surface area contributed by atoms with Gasteiger partial charge in [0.1, 0.15) is 17.1 Å². The van der Waals surface area contributed by atoms with Crippen LogP contribution in [0, 0.1) is 5.82 Å². The molecule has 7 heteroatoms. The Hall–Kier alpha value is -3.22. The number of carbonyl (C=O) groups excluding carboxylic acids is 1. The van der Waals surface area contributed by atoms with Gasteiger partial charge < -0.3 is 15.0 Å². The van der Waals surface area contributed by atoms with E-state index in [1.807, 2.05) is 42.5 Å². The van der Waals surface area contributed by atoms with Gasteiger partial charge in [-0.3, -0.25) is 4.79 Å². The maximum atomic E-state index is 13.1. The second kappa shape index (κ2) is 7.23. The van der Waals surface area contributed by atoms with E-state index >= 15 is 0 Å². The number of hydrogen-bond acceptors (Lipinski definition) is 3. The quantitative estimate of drug-likeness (QED) is 0.491. The van der Waals surface area contributed by atoms with Gasteiger partial charge in [0.15, 0.2) is 0 Å². The van der Waals surface area contributed by atoms with Gasteiger partial charge in [0.25, 0.3) is 0 Å². The molecule has 4 aromatic rings. The van der Waals surface area contributed by atoms with Gasteiger partial charge in [-0.1, -0.05) is 35.9 Å². The fourth-order valence-electron chi connectivity index (χ4n) is 3.58. The fraction of sp³-hybridized carbons (Fsp3) is 0.130. The summed E-state index contributed by atoms with van der Waals surface area (Å²) in [5.41, 5.74) is 3.24. The summed E-state index contributed by atoms with van der Waals surface area (Å²) in [4.78, 5) is 20.9. The number of ether oxygens (including phenoxy) is 1. The van der Waals surface area contributed by atoms with Crippen molar-refractivity contribution in [3.05, 3.63) is 83.1 Å². The fourth-order valence-corrected chi connectivity index (χ4v) is 3.75. The lowest BCUT2D eigenvalue weighted by Crippen LogP contribution is -2.55. The highest BCUT2D eigenvalue weighted by atomic mass is 35.5. The molecule has 1 saturated heterocycles. The summed E-state index contributed by atoms with van der Waals surface area (Å²) in [6.07, 6.45) is 0. The molecule has 0 spiro atoms. The molecule has 0 unspecified atom stereocenters. The minimum atomic E-state index is -0.770. The molecular weight excluding hydrogens is 405 g/mol. The summed E-state index contributed by atoms with van der Waals surface area (Å²) in [5, 5.41) is 3.50. The van der Waals surface area contributed by atoms with Crippen molar-refractivity contribution < 1.29 is 13.9 Å². The van der Waals surface area contributed by atoms with Crippen molar-refractivity contribution in [2.75, 3.05) is 18.5 Å². The second-order valence-electron chi connectivity index (χ2n) is 7.36. The zero-order chi connectivity index (χ0) is 20.7. The highest BCUT2D eigenvalue weighted by molar-refractivity contribution is 6.31. The first-order valence-electron chi connectivity index (χ1n) is 9.44. The van der Waals surface area contributed by atoms with E-state index in [9.17, 15) is 9.18 Å². The van der Waals surface area contributed by atoms with Crippen molar-refractivity contribution in [1.82, 2.24) is 9.97 Å². The summed E-state index contributed by atoms with van der Waals surface area (Å²) in [6, 6.07) is 18.9. The van der Waals surface area contributed by atoms with E-state index in [4.69, 9.17) is 16.3 Å². The summed E-state index contributed by atoms with van der Waals surface area (Å²) >= 11 is 6.04. The summed E-state index contributed by atoms with van der Waals surface area (Å²) in [6.45, 7) is 0.588. The molecule has 30 heavy (non-hydrogen) atoms. The lowest BCUT2D eigenvalue weighted by atomic mass is 9.77. The van der Waals surface area contributed by atoms with Crippen molar-refractivity contribution in [1.29, 1.82) is 0 Å². The normalized spacial score (nSPS) is 15.0. The molecule has 2 heterocycles. The third-order valence-corrected chi connectivity index (χ3v) is 5.62. The summed E-state index contributed by atoms with van der Waals surface area (Å²) < 4.78 is 18.5. The summed E-state index contributed by atoms with van der Waals surface area (Å²) in [7, 11) is 0. The maximum Gasteiger partial charge on any atom is 0.239 e. The number of halogens is 2. The van der Waals surface area contributed by atoms with Gasteiger partial charge in [-0.2, -0.15) is 0 Å².